The summed E-state index contributed by atoms with van der Waals surface area (Å²) in [6.07, 6.45) is 0. The standard InChI is InChI=1S/C17H18BrNO2/c1-12(14-5-3-2-4-6-14)9-19-10-13-7-15(18)17-16(8-13)20-11-21-17/h2-8,12,19H,9-11H2,1H3. The number of halogens is 1. The lowest BCUT2D eigenvalue weighted by atomic mass is 10.0. The molecule has 110 valence electrons. The molecule has 1 heterocycles. The predicted octanol–water partition coefficient (Wildman–Crippen LogP) is 4.07. The average Bonchev–Trinajstić information content (AvgIpc) is 2.97. The van der Waals surface area contributed by atoms with Gasteiger partial charge in [-0.2, -0.15) is 0 Å². The van der Waals surface area contributed by atoms with Crippen molar-refractivity contribution in [3.05, 3.63) is 58.1 Å². The Labute approximate surface area is 133 Å². The summed E-state index contributed by atoms with van der Waals surface area (Å²) in [5.74, 6) is 2.11. The second-order valence-corrected chi connectivity index (χ2v) is 6.11. The minimum atomic E-state index is 0.301. The maximum atomic E-state index is 5.44. The normalized spacial score (nSPS) is 14.2. The molecule has 1 aliphatic heterocycles. The van der Waals surface area contributed by atoms with E-state index in [2.05, 4.69) is 58.5 Å². The van der Waals surface area contributed by atoms with Crippen LogP contribution in [0.5, 0.6) is 11.5 Å². The lowest BCUT2D eigenvalue weighted by Gasteiger charge is -2.13. The zero-order chi connectivity index (χ0) is 14.7. The molecule has 3 nitrogen and oxygen atoms in total. The number of ether oxygens (including phenoxy) is 2. The van der Waals surface area contributed by atoms with E-state index in [-0.39, 0.29) is 0 Å². The third kappa shape index (κ3) is 3.39. The number of hydrogen-bond donors (Lipinski definition) is 1. The Balaban J connectivity index is 1.57. The molecule has 0 saturated heterocycles. The summed E-state index contributed by atoms with van der Waals surface area (Å²) in [5.41, 5.74) is 2.54. The van der Waals surface area contributed by atoms with Gasteiger partial charge >= 0.3 is 0 Å². The molecule has 0 fully saturated rings. The van der Waals surface area contributed by atoms with Crippen LogP contribution in [0.15, 0.2) is 46.9 Å². The van der Waals surface area contributed by atoms with E-state index >= 15 is 0 Å². The van der Waals surface area contributed by atoms with Crippen molar-refractivity contribution in [2.75, 3.05) is 13.3 Å². The van der Waals surface area contributed by atoms with E-state index in [0.717, 1.165) is 29.1 Å². The maximum absolute atomic E-state index is 5.44. The molecule has 2 aromatic carbocycles. The fraction of sp³-hybridized carbons (Fsp3) is 0.294. The average molecular weight is 348 g/mol. The number of hydrogen-bond acceptors (Lipinski definition) is 3. The summed E-state index contributed by atoms with van der Waals surface area (Å²) in [5, 5.41) is 3.50. The molecule has 2 aromatic rings. The largest absolute Gasteiger partial charge is 0.454 e. The van der Waals surface area contributed by atoms with Gasteiger partial charge in [-0.3, -0.25) is 0 Å². The molecule has 1 unspecified atom stereocenters. The molecule has 21 heavy (non-hydrogen) atoms. The van der Waals surface area contributed by atoms with Crippen LogP contribution < -0.4 is 14.8 Å². The Morgan fingerprint density at radius 1 is 1.19 bits per heavy atom. The first-order chi connectivity index (χ1) is 10.2. The molecule has 1 aliphatic rings. The summed E-state index contributed by atoms with van der Waals surface area (Å²) in [6.45, 7) is 4.29. The van der Waals surface area contributed by atoms with Crippen molar-refractivity contribution >= 4 is 15.9 Å². The van der Waals surface area contributed by atoms with Crippen LogP contribution in [0.4, 0.5) is 0 Å². The summed E-state index contributed by atoms with van der Waals surface area (Å²) in [7, 11) is 0. The first-order valence-electron chi connectivity index (χ1n) is 7.07. The van der Waals surface area contributed by atoms with Gasteiger partial charge in [-0.05, 0) is 45.1 Å². The molecule has 0 amide bonds. The van der Waals surface area contributed by atoms with Crippen molar-refractivity contribution in [1.82, 2.24) is 5.32 Å². The van der Waals surface area contributed by atoms with Crippen molar-refractivity contribution < 1.29 is 9.47 Å². The third-order valence-corrected chi connectivity index (χ3v) is 4.22. The number of nitrogens with one attached hydrogen (secondary N) is 1. The summed E-state index contributed by atoms with van der Waals surface area (Å²) >= 11 is 3.52. The van der Waals surface area contributed by atoms with Crippen LogP contribution in [0.2, 0.25) is 0 Å². The van der Waals surface area contributed by atoms with Gasteiger partial charge in [0.2, 0.25) is 6.79 Å². The molecule has 0 aliphatic carbocycles. The molecule has 0 saturated carbocycles. The van der Waals surface area contributed by atoms with Gasteiger partial charge in [0.1, 0.15) is 0 Å². The van der Waals surface area contributed by atoms with Gasteiger partial charge in [-0.25, -0.2) is 0 Å². The first-order valence-corrected chi connectivity index (χ1v) is 7.87. The van der Waals surface area contributed by atoms with Crippen molar-refractivity contribution in [2.45, 2.75) is 19.4 Å². The van der Waals surface area contributed by atoms with Gasteiger partial charge in [-0.1, -0.05) is 37.3 Å². The fourth-order valence-electron chi connectivity index (χ4n) is 2.46. The SMILES string of the molecule is CC(CNCc1cc(Br)c2c(c1)OCO2)c1ccccc1. The summed E-state index contributed by atoms with van der Waals surface area (Å²) in [6, 6.07) is 14.7. The van der Waals surface area contributed by atoms with E-state index in [0.29, 0.717) is 12.7 Å². The fourth-order valence-corrected chi connectivity index (χ4v) is 3.06. The van der Waals surface area contributed by atoms with E-state index in [1.165, 1.54) is 11.1 Å². The molecule has 0 bridgehead atoms. The van der Waals surface area contributed by atoms with Crippen LogP contribution in [-0.4, -0.2) is 13.3 Å². The number of rotatable bonds is 5. The molecule has 0 aromatic heterocycles. The second kappa shape index (κ2) is 6.50. The number of fused-ring (bicyclic) bond motifs is 1. The van der Waals surface area contributed by atoms with Crippen LogP contribution in [0, 0.1) is 0 Å². The zero-order valence-corrected chi connectivity index (χ0v) is 13.5. The van der Waals surface area contributed by atoms with Crippen LogP contribution in [0.1, 0.15) is 24.0 Å². The summed E-state index contributed by atoms with van der Waals surface area (Å²) in [4.78, 5) is 0. The van der Waals surface area contributed by atoms with Crippen molar-refractivity contribution in [3.63, 3.8) is 0 Å². The minimum absolute atomic E-state index is 0.301. The number of benzene rings is 2. The van der Waals surface area contributed by atoms with Crippen molar-refractivity contribution in [2.24, 2.45) is 0 Å². The van der Waals surface area contributed by atoms with Crippen LogP contribution in [0.25, 0.3) is 0 Å². The topological polar surface area (TPSA) is 30.5 Å². The van der Waals surface area contributed by atoms with Crippen molar-refractivity contribution in [3.8, 4) is 11.5 Å². The molecule has 1 atom stereocenters. The van der Waals surface area contributed by atoms with Gasteiger partial charge in [-0.15, -0.1) is 0 Å². The smallest absolute Gasteiger partial charge is 0.231 e. The molecular formula is C17H18BrNO2. The minimum Gasteiger partial charge on any atom is -0.454 e. The first kappa shape index (κ1) is 14.4. The second-order valence-electron chi connectivity index (χ2n) is 5.25. The van der Waals surface area contributed by atoms with Gasteiger partial charge in [0.15, 0.2) is 11.5 Å². The Morgan fingerprint density at radius 3 is 2.81 bits per heavy atom. The molecule has 3 rings (SSSR count). The molecule has 0 spiro atoms. The van der Waals surface area contributed by atoms with Crippen LogP contribution >= 0.6 is 15.9 Å². The molecule has 1 N–H and O–H groups in total. The van der Waals surface area contributed by atoms with E-state index in [1.807, 2.05) is 12.1 Å². The molecule has 4 heteroatoms. The Kier molecular flexibility index (Phi) is 4.46. The molecule has 0 radical (unpaired) electrons. The van der Waals surface area contributed by atoms with E-state index in [9.17, 15) is 0 Å². The van der Waals surface area contributed by atoms with Gasteiger partial charge in [0.25, 0.3) is 0 Å². The third-order valence-electron chi connectivity index (χ3n) is 3.64. The Bertz CT molecular complexity index is 616. The van der Waals surface area contributed by atoms with Gasteiger partial charge < -0.3 is 14.8 Å². The highest BCUT2D eigenvalue weighted by Crippen LogP contribution is 2.39. The lowest BCUT2D eigenvalue weighted by Crippen LogP contribution is -2.19. The zero-order valence-electron chi connectivity index (χ0n) is 11.9. The highest BCUT2D eigenvalue weighted by molar-refractivity contribution is 9.10. The van der Waals surface area contributed by atoms with E-state index < -0.39 is 0 Å². The van der Waals surface area contributed by atoms with Crippen molar-refractivity contribution in [1.29, 1.82) is 0 Å². The Hall–Kier alpha value is -1.52. The quantitative estimate of drug-likeness (QED) is 0.884. The monoisotopic (exact) mass is 347 g/mol. The predicted molar refractivity (Wildman–Crippen MR) is 86.8 cm³/mol. The van der Waals surface area contributed by atoms with Gasteiger partial charge in [0.05, 0.1) is 4.47 Å². The lowest BCUT2D eigenvalue weighted by molar-refractivity contribution is 0.173. The van der Waals surface area contributed by atoms with Crippen LogP contribution in [0.3, 0.4) is 0 Å². The Morgan fingerprint density at radius 2 is 2.00 bits per heavy atom. The van der Waals surface area contributed by atoms with Gasteiger partial charge in [0, 0.05) is 13.1 Å². The molecular weight excluding hydrogens is 330 g/mol. The maximum Gasteiger partial charge on any atom is 0.231 e. The summed E-state index contributed by atoms with van der Waals surface area (Å²) < 4.78 is 11.8. The van der Waals surface area contributed by atoms with E-state index in [4.69, 9.17) is 9.47 Å². The van der Waals surface area contributed by atoms with Crippen LogP contribution in [-0.2, 0) is 6.54 Å². The highest BCUT2D eigenvalue weighted by atomic mass is 79.9. The van der Waals surface area contributed by atoms with E-state index in [1.54, 1.807) is 0 Å². The highest BCUT2D eigenvalue weighted by Gasteiger charge is 2.17.